The summed E-state index contributed by atoms with van der Waals surface area (Å²) < 4.78 is 13.8. The van der Waals surface area contributed by atoms with Crippen molar-refractivity contribution >= 4 is 11.6 Å². The Bertz CT molecular complexity index is 1070. The molecule has 1 heterocycles. The molecule has 0 bridgehead atoms. The topological polar surface area (TPSA) is 59.8 Å². The summed E-state index contributed by atoms with van der Waals surface area (Å²) in [6.45, 7) is 7.32. The molecule has 0 saturated heterocycles. The lowest BCUT2D eigenvalue weighted by molar-refractivity contribution is 0.00613. The molecule has 7 heteroatoms. The molecular weight excluding hydrogens is 462 g/mol. The van der Waals surface area contributed by atoms with Crippen molar-refractivity contribution in [1.82, 2.24) is 14.7 Å². The van der Waals surface area contributed by atoms with Crippen molar-refractivity contribution in [2.45, 2.75) is 39.3 Å². The van der Waals surface area contributed by atoms with Gasteiger partial charge < -0.3 is 14.6 Å². The zero-order valence-corrected chi connectivity index (χ0v) is 21.6. The predicted octanol–water partition coefficient (Wildman–Crippen LogP) is 5.78. The smallest absolute Gasteiger partial charge is 0.222 e. The summed E-state index contributed by atoms with van der Waals surface area (Å²) in [5.74, 6) is 2.52. The number of ether oxygens (including phenoxy) is 2. The van der Waals surface area contributed by atoms with E-state index in [9.17, 15) is 5.11 Å². The minimum atomic E-state index is -0.551. The fourth-order valence-corrected chi connectivity index (χ4v) is 4.27. The van der Waals surface area contributed by atoms with E-state index in [4.69, 9.17) is 26.2 Å². The van der Waals surface area contributed by atoms with Gasteiger partial charge in [0.05, 0.1) is 18.3 Å². The van der Waals surface area contributed by atoms with Crippen LogP contribution in [-0.4, -0.2) is 52.2 Å². The molecule has 2 aromatic carbocycles. The molecule has 4 rings (SSSR count). The van der Waals surface area contributed by atoms with Crippen molar-refractivity contribution in [2.75, 3.05) is 26.3 Å². The molecule has 1 aliphatic carbocycles. The number of benzene rings is 2. The first kappa shape index (κ1) is 25.7. The van der Waals surface area contributed by atoms with Gasteiger partial charge in [0.15, 0.2) is 0 Å². The van der Waals surface area contributed by atoms with E-state index in [1.807, 2.05) is 49.5 Å². The van der Waals surface area contributed by atoms with Crippen molar-refractivity contribution in [3.05, 3.63) is 65.2 Å². The van der Waals surface area contributed by atoms with Crippen LogP contribution in [0.3, 0.4) is 0 Å². The first-order valence-corrected chi connectivity index (χ1v) is 12.8. The Balaban J connectivity index is 1.60. The van der Waals surface area contributed by atoms with E-state index in [0.717, 1.165) is 23.4 Å². The quantitative estimate of drug-likeness (QED) is 0.324. The van der Waals surface area contributed by atoms with Gasteiger partial charge in [0.2, 0.25) is 5.88 Å². The van der Waals surface area contributed by atoms with Crippen LogP contribution in [0.2, 0.25) is 5.02 Å². The predicted molar refractivity (Wildman–Crippen MR) is 140 cm³/mol. The Hall–Kier alpha value is -2.38. The first-order chi connectivity index (χ1) is 16.9. The Morgan fingerprint density at radius 2 is 1.80 bits per heavy atom. The molecule has 188 valence electrons. The highest BCUT2D eigenvalue weighted by Gasteiger charge is 2.28. The molecule has 1 aliphatic rings. The zero-order valence-electron chi connectivity index (χ0n) is 20.9. The Morgan fingerprint density at radius 3 is 2.46 bits per heavy atom. The van der Waals surface area contributed by atoms with Crippen molar-refractivity contribution in [3.8, 4) is 22.9 Å². The number of rotatable bonds is 13. The molecular formula is C28H36ClN3O3. The number of hydrogen-bond donors (Lipinski definition) is 1. The van der Waals surface area contributed by atoms with E-state index in [1.165, 1.54) is 12.8 Å². The summed E-state index contributed by atoms with van der Waals surface area (Å²) in [6, 6.07) is 17.5. The van der Waals surface area contributed by atoms with E-state index < -0.39 is 6.10 Å². The third-order valence-corrected chi connectivity index (χ3v) is 6.24. The van der Waals surface area contributed by atoms with Crippen LogP contribution in [-0.2, 0) is 18.3 Å². The molecule has 6 nitrogen and oxygen atoms in total. The second kappa shape index (κ2) is 12.0. The number of halogens is 1. The van der Waals surface area contributed by atoms with Crippen LogP contribution in [0.25, 0.3) is 11.3 Å². The van der Waals surface area contributed by atoms with E-state index in [-0.39, 0.29) is 0 Å². The summed E-state index contributed by atoms with van der Waals surface area (Å²) in [4.78, 5) is 2.32. The molecule has 0 spiro atoms. The van der Waals surface area contributed by atoms with Gasteiger partial charge in [-0.05, 0) is 48.9 Å². The summed E-state index contributed by atoms with van der Waals surface area (Å²) in [7, 11) is 1.90. The highest BCUT2D eigenvalue weighted by molar-refractivity contribution is 6.30. The van der Waals surface area contributed by atoms with Crippen molar-refractivity contribution in [2.24, 2.45) is 18.9 Å². The molecule has 1 saturated carbocycles. The molecule has 0 aliphatic heterocycles. The lowest BCUT2D eigenvalue weighted by atomic mass is 10.1. The first-order valence-electron chi connectivity index (χ1n) is 12.4. The Labute approximate surface area is 213 Å². The van der Waals surface area contributed by atoms with Crippen LogP contribution in [0.15, 0.2) is 54.6 Å². The molecule has 1 atom stereocenters. The third-order valence-electron chi connectivity index (χ3n) is 5.99. The molecule has 1 aromatic heterocycles. The largest absolute Gasteiger partial charge is 0.439 e. The Morgan fingerprint density at radius 1 is 1.09 bits per heavy atom. The second-order valence-electron chi connectivity index (χ2n) is 9.90. The van der Waals surface area contributed by atoms with Gasteiger partial charge in [-0.1, -0.05) is 55.8 Å². The molecule has 3 aromatic rings. The highest BCUT2D eigenvalue weighted by Crippen LogP contribution is 2.36. The van der Waals surface area contributed by atoms with Crippen LogP contribution in [0.5, 0.6) is 11.6 Å². The van der Waals surface area contributed by atoms with E-state index >= 15 is 0 Å². The maximum atomic E-state index is 10.7. The highest BCUT2D eigenvalue weighted by atomic mass is 35.5. The minimum absolute atomic E-state index is 0.339. The summed E-state index contributed by atoms with van der Waals surface area (Å²) >= 11 is 6.07. The van der Waals surface area contributed by atoms with Gasteiger partial charge in [0, 0.05) is 43.9 Å². The average molecular weight is 498 g/mol. The monoisotopic (exact) mass is 497 g/mol. The molecule has 0 amide bonds. The summed E-state index contributed by atoms with van der Waals surface area (Å²) in [5, 5.41) is 16.2. The maximum Gasteiger partial charge on any atom is 0.222 e. The SMILES string of the molecule is CC(C)COC[C@H](O)CN(Cc1c(-c2ccccc2)nn(C)c1Oc1ccc(Cl)cc1)CC1CC1. The number of aromatic nitrogens is 2. The number of aliphatic hydroxyl groups excluding tert-OH is 1. The maximum absolute atomic E-state index is 10.7. The molecule has 35 heavy (non-hydrogen) atoms. The number of aliphatic hydroxyl groups is 1. The summed E-state index contributed by atoms with van der Waals surface area (Å²) in [5.41, 5.74) is 2.93. The molecule has 0 unspecified atom stereocenters. The number of hydrogen-bond acceptors (Lipinski definition) is 5. The van der Waals surface area contributed by atoms with Crippen LogP contribution in [0.1, 0.15) is 32.3 Å². The van der Waals surface area contributed by atoms with Gasteiger partial charge in [-0.2, -0.15) is 5.10 Å². The number of aryl methyl sites for hydroxylation is 1. The fourth-order valence-electron chi connectivity index (χ4n) is 4.15. The molecule has 1 N–H and O–H groups in total. The van der Waals surface area contributed by atoms with Crippen molar-refractivity contribution in [3.63, 3.8) is 0 Å². The van der Waals surface area contributed by atoms with Gasteiger partial charge in [0.1, 0.15) is 11.4 Å². The van der Waals surface area contributed by atoms with Gasteiger partial charge in [-0.15, -0.1) is 0 Å². The van der Waals surface area contributed by atoms with Gasteiger partial charge >= 0.3 is 0 Å². The van der Waals surface area contributed by atoms with Gasteiger partial charge in [0.25, 0.3) is 0 Å². The standard InChI is InChI=1S/C28H36ClN3O3/c1-20(2)18-34-19-24(33)16-32(15-21-9-10-21)17-26-27(22-7-5-4-6-8-22)30-31(3)28(26)35-25-13-11-23(29)12-14-25/h4-8,11-14,20-21,24,33H,9-10,15-19H2,1-3H3/t24-/m1/s1. The summed E-state index contributed by atoms with van der Waals surface area (Å²) in [6.07, 6.45) is 1.93. The van der Waals surface area contributed by atoms with Crippen molar-refractivity contribution in [1.29, 1.82) is 0 Å². The zero-order chi connectivity index (χ0) is 24.8. The Kier molecular flexibility index (Phi) is 8.84. The second-order valence-corrected chi connectivity index (χ2v) is 10.3. The normalized spacial score (nSPS) is 14.6. The van der Waals surface area contributed by atoms with E-state index in [1.54, 1.807) is 4.68 Å². The number of nitrogens with zero attached hydrogens (tertiary/aromatic N) is 3. The lowest BCUT2D eigenvalue weighted by Gasteiger charge is -2.26. The fraction of sp³-hybridized carbons (Fsp3) is 0.464. The minimum Gasteiger partial charge on any atom is -0.439 e. The average Bonchev–Trinajstić information content (AvgIpc) is 3.60. The van der Waals surface area contributed by atoms with Crippen LogP contribution in [0, 0.1) is 11.8 Å². The van der Waals surface area contributed by atoms with E-state index in [0.29, 0.717) is 54.8 Å². The van der Waals surface area contributed by atoms with E-state index in [2.05, 4.69) is 30.9 Å². The third kappa shape index (κ3) is 7.55. The van der Waals surface area contributed by atoms with Crippen molar-refractivity contribution < 1.29 is 14.6 Å². The van der Waals surface area contributed by atoms with Crippen LogP contribution < -0.4 is 4.74 Å². The van der Waals surface area contributed by atoms with Gasteiger partial charge in [-0.25, -0.2) is 4.68 Å². The van der Waals surface area contributed by atoms with Gasteiger partial charge in [-0.3, -0.25) is 4.90 Å². The van der Waals surface area contributed by atoms with Crippen LogP contribution in [0.4, 0.5) is 0 Å². The lowest BCUT2D eigenvalue weighted by Crippen LogP contribution is -2.36. The molecule has 0 radical (unpaired) electrons. The molecule has 1 fully saturated rings. The van der Waals surface area contributed by atoms with Crippen LogP contribution >= 0.6 is 11.6 Å².